The van der Waals surface area contributed by atoms with E-state index in [1.54, 1.807) is 48.6 Å². The molecule has 4 aromatic rings. The Hall–Kier alpha value is -3.95. The molecule has 0 bridgehead atoms. The van der Waals surface area contributed by atoms with Crippen LogP contribution in [0.25, 0.3) is 17.0 Å². The van der Waals surface area contributed by atoms with Gasteiger partial charge in [0, 0.05) is 16.7 Å². The van der Waals surface area contributed by atoms with Gasteiger partial charge in [0.15, 0.2) is 23.6 Å². The van der Waals surface area contributed by atoms with E-state index in [4.69, 9.17) is 23.4 Å². The van der Waals surface area contributed by atoms with Gasteiger partial charge in [0.1, 0.15) is 18.4 Å². The van der Waals surface area contributed by atoms with Gasteiger partial charge < -0.3 is 23.4 Å². The number of rotatable bonds is 7. The number of hydrogen-bond donors (Lipinski definition) is 0. The van der Waals surface area contributed by atoms with Crippen LogP contribution in [-0.4, -0.2) is 48.0 Å². The Morgan fingerprint density at radius 1 is 1.09 bits per heavy atom. The van der Waals surface area contributed by atoms with Crippen molar-refractivity contribution < 1.29 is 28.2 Å². The molecular weight excluding hydrogens is 438 g/mol. The van der Waals surface area contributed by atoms with E-state index in [-0.39, 0.29) is 5.78 Å². The van der Waals surface area contributed by atoms with Crippen molar-refractivity contribution in [2.75, 3.05) is 27.4 Å². The van der Waals surface area contributed by atoms with Gasteiger partial charge in [-0.1, -0.05) is 0 Å². The topological polar surface area (TPSA) is 97.8 Å². The minimum Gasteiger partial charge on any atom is -0.493 e. The summed E-state index contributed by atoms with van der Waals surface area (Å²) in [5, 5.41) is 4.21. The maximum Gasteiger partial charge on any atom is 0.195 e. The number of methoxy groups -OCH3 is 2. The predicted octanol–water partition coefficient (Wildman–Crippen LogP) is 4.21. The molecular formula is C25H23N3O6. The first kappa shape index (κ1) is 21.9. The summed E-state index contributed by atoms with van der Waals surface area (Å²) in [5.41, 5.74) is 2.75. The number of furan rings is 1. The zero-order valence-electron chi connectivity index (χ0n) is 18.8. The number of carbonyl (C=O) groups excluding carboxylic acids is 1. The van der Waals surface area contributed by atoms with Gasteiger partial charge in [0.2, 0.25) is 0 Å². The largest absolute Gasteiger partial charge is 0.493 e. The van der Waals surface area contributed by atoms with Crippen LogP contribution in [-0.2, 0) is 9.47 Å². The van der Waals surface area contributed by atoms with Gasteiger partial charge >= 0.3 is 0 Å². The number of benzene rings is 2. The lowest BCUT2D eigenvalue weighted by atomic mass is 9.96. The molecule has 0 aliphatic carbocycles. The molecule has 174 valence electrons. The highest BCUT2D eigenvalue weighted by atomic mass is 16.7. The maximum atomic E-state index is 13.9. The van der Waals surface area contributed by atoms with Gasteiger partial charge in [-0.2, -0.15) is 5.10 Å². The lowest BCUT2D eigenvalue weighted by Gasteiger charge is -2.26. The van der Waals surface area contributed by atoms with Crippen LogP contribution in [0.4, 0.5) is 0 Å². The number of ketones is 1. The first-order valence-corrected chi connectivity index (χ1v) is 10.8. The van der Waals surface area contributed by atoms with E-state index in [2.05, 4.69) is 10.1 Å². The number of nitrogens with zero attached hydrogens (tertiary/aromatic N) is 3. The third kappa shape index (κ3) is 4.07. The van der Waals surface area contributed by atoms with E-state index in [1.165, 1.54) is 13.4 Å². The summed E-state index contributed by atoms with van der Waals surface area (Å²) in [5.74, 6) is 1.28. The normalized spacial score (nSPS) is 14.2. The van der Waals surface area contributed by atoms with Crippen LogP contribution in [0.15, 0.2) is 65.8 Å². The molecule has 9 heteroatoms. The first-order valence-electron chi connectivity index (χ1n) is 10.8. The summed E-state index contributed by atoms with van der Waals surface area (Å²) in [6.07, 6.45) is 4.70. The van der Waals surface area contributed by atoms with Crippen molar-refractivity contribution in [1.82, 2.24) is 14.8 Å². The molecule has 1 aliphatic rings. The summed E-state index contributed by atoms with van der Waals surface area (Å²) < 4.78 is 29.8. The minimum absolute atomic E-state index is 0.239. The van der Waals surface area contributed by atoms with Gasteiger partial charge in [0.05, 0.1) is 44.9 Å². The lowest BCUT2D eigenvalue weighted by molar-refractivity contribution is -0.183. The van der Waals surface area contributed by atoms with Crippen LogP contribution in [0.5, 0.6) is 11.5 Å². The zero-order chi connectivity index (χ0) is 23.5. The van der Waals surface area contributed by atoms with Crippen molar-refractivity contribution >= 4 is 5.78 Å². The Morgan fingerprint density at radius 2 is 1.94 bits per heavy atom. The van der Waals surface area contributed by atoms with Crippen molar-refractivity contribution in [2.24, 2.45) is 0 Å². The highest BCUT2D eigenvalue weighted by Gasteiger charge is 2.27. The SMILES string of the molecule is COc1cc(C(=O)c2cc(-c3ccco3)ccc2-n2cncn2)cc(C2OCCCO2)c1OC. The molecule has 0 amide bonds. The smallest absolute Gasteiger partial charge is 0.195 e. The van der Waals surface area contributed by atoms with Crippen molar-refractivity contribution in [3.8, 4) is 28.5 Å². The van der Waals surface area contributed by atoms with Crippen LogP contribution in [0.3, 0.4) is 0 Å². The van der Waals surface area contributed by atoms with E-state index in [9.17, 15) is 4.79 Å². The van der Waals surface area contributed by atoms with Crippen LogP contribution in [0.2, 0.25) is 0 Å². The van der Waals surface area contributed by atoms with Crippen LogP contribution in [0.1, 0.15) is 34.2 Å². The molecule has 0 atom stereocenters. The van der Waals surface area contributed by atoms with E-state index >= 15 is 0 Å². The molecule has 34 heavy (non-hydrogen) atoms. The Labute approximate surface area is 195 Å². The second kappa shape index (κ2) is 9.50. The summed E-state index contributed by atoms with van der Waals surface area (Å²) in [6.45, 7) is 1.10. The number of aromatic nitrogens is 3. The second-order valence-electron chi connectivity index (χ2n) is 7.61. The fourth-order valence-corrected chi connectivity index (χ4v) is 3.97. The molecule has 2 aromatic carbocycles. The van der Waals surface area contributed by atoms with E-state index in [0.29, 0.717) is 52.9 Å². The predicted molar refractivity (Wildman–Crippen MR) is 121 cm³/mol. The quantitative estimate of drug-likeness (QED) is 0.378. The van der Waals surface area contributed by atoms with Gasteiger partial charge in [-0.05, 0) is 48.9 Å². The molecule has 5 rings (SSSR count). The summed E-state index contributed by atoms with van der Waals surface area (Å²) in [6, 6.07) is 12.5. The molecule has 3 heterocycles. The molecule has 0 N–H and O–H groups in total. The van der Waals surface area contributed by atoms with Crippen molar-refractivity contribution in [2.45, 2.75) is 12.7 Å². The third-order valence-electron chi connectivity index (χ3n) is 5.56. The highest BCUT2D eigenvalue weighted by molar-refractivity contribution is 6.12. The summed E-state index contributed by atoms with van der Waals surface area (Å²) >= 11 is 0. The van der Waals surface area contributed by atoms with Crippen molar-refractivity contribution in [1.29, 1.82) is 0 Å². The Bertz CT molecular complexity index is 1280. The summed E-state index contributed by atoms with van der Waals surface area (Å²) in [7, 11) is 3.07. The van der Waals surface area contributed by atoms with E-state index < -0.39 is 6.29 Å². The fourth-order valence-electron chi connectivity index (χ4n) is 3.97. The van der Waals surface area contributed by atoms with Crippen LogP contribution >= 0.6 is 0 Å². The Morgan fingerprint density at radius 3 is 2.62 bits per heavy atom. The fraction of sp³-hybridized carbons (Fsp3) is 0.240. The third-order valence-corrected chi connectivity index (χ3v) is 5.56. The Kier molecular flexibility index (Phi) is 6.11. The van der Waals surface area contributed by atoms with Gasteiger partial charge in [-0.25, -0.2) is 9.67 Å². The van der Waals surface area contributed by atoms with Crippen molar-refractivity contribution in [3.63, 3.8) is 0 Å². The van der Waals surface area contributed by atoms with E-state index in [0.717, 1.165) is 12.0 Å². The number of ether oxygens (including phenoxy) is 4. The zero-order valence-corrected chi connectivity index (χ0v) is 18.8. The Balaban J connectivity index is 1.64. The van der Waals surface area contributed by atoms with Gasteiger partial charge in [-0.3, -0.25) is 4.79 Å². The minimum atomic E-state index is -0.658. The second-order valence-corrected chi connectivity index (χ2v) is 7.61. The molecule has 1 aliphatic heterocycles. The van der Waals surface area contributed by atoms with Gasteiger partial charge in [-0.15, -0.1) is 0 Å². The average Bonchev–Trinajstić information content (AvgIpc) is 3.62. The number of hydrogen-bond acceptors (Lipinski definition) is 8. The van der Waals surface area contributed by atoms with E-state index in [1.807, 2.05) is 18.2 Å². The van der Waals surface area contributed by atoms with Crippen LogP contribution < -0.4 is 9.47 Å². The molecule has 1 fully saturated rings. The van der Waals surface area contributed by atoms with Crippen LogP contribution in [0, 0.1) is 0 Å². The first-order chi connectivity index (χ1) is 16.7. The molecule has 0 saturated carbocycles. The molecule has 2 aromatic heterocycles. The maximum absolute atomic E-state index is 13.9. The highest BCUT2D eigenvalue weighted by Crippen LogP contribution is 2.40. The lowest BCUT2D eigenvalue weighted by Crippen LogP contribution is -2.19. The molecule has 9 nitrogen and oxygen atoms in total. The molecule has 0 unspecified atom stereocenters. The molecule has 1 saturated heterocycles. The average molecular weight is 461 g/mol. The summed E-state index contributed by atoms with van der Waals surface area (Å²) in [4.78, 5) is 17.9. The number of carbonyl (C=O) groups is 1. The van der Waals surface area contributed by atoms with Crippen molar-refractivity contribution in [3.05, 3.63) is 78.1 Å². The van der Waals surface area contributed by atoms with Gasteiger partial charge in [0.25, 0.3) is 0 Å². The monoisotopic (exact) mass is 461 g/mol. The molecule has 0 spiro atoms. The molecule has 0 radical (unpaired) electrons. The standard InChI is InChI=1S/C25H23N3O6/c1-30-22-13-17(12-19(24(22)31-2)25-33-9-4-10-34-25)23(29)18-11-16(21-5-3-8-32-21)6-7-20(18)28-15-26-14-27-28/h3,5-8,11-15,25H,4,9-10H2,1-2H3.